The number of benzene rings is 1. The van der Waals surface area contributed by atoms with Crippen molar-refractivity contribution in [2.75, 3.05) is 11.9 Å². The molecule has 1 aromatic carbocycles. The van der Waals surface area contributed by atoms with Crippen LogP contribution < -0.4 is 5.32 Å². The number of anilines is 1. The molecule has 0 saturated heterocycles. The first kappa shape index (κ1) is 16.9. The molecule has 0 aliphatic heterocycles. The van der Waals surface area contributed by atoms with Crippen molar-refractivity contribution < 1.29 is 23.8 Å². The van der Waals surface area contributed by atoms with Gasteiger partial charge in [-0.3, -0.25) is 14.9 Å². The zero-order valence-corrected chi connectivity index (χ0v) is 12.6. The fourth-order valence-corrected chi connectivity index (χ4v) is 1.66. The Morgan fingerprint density at radius 1 is 1.38 bits per heavy atom. The van der Waals surface area contributed by atoms with Crippen LogP contribution in [0.2, 0.25) is 0 Å². The minimum atomic E-state index is -0.722. The molecule has 0 unspecified atom stereocenters. The van der Waals surface area contributed by atoms with Crippen molar-refractivity contribution in [3.63, 3.8) is 0 Å². The summed E-state index contributed by atoms with van der Waals surface area (Å²) in [6, 6.07) is 7.13. The Morgan fingerprint density at radius 2 is 2.08 bits per heavy atom. The third-order valence-corrected chi connectivity index (χ3v) is 2.76. The highest BCUT2D eigenvalue weighted by molar-refractivity contribution is 5.94. The van der Waals surface area contributed by atoms with Gasteiger partial charge in [-0.15, -0.1) is 0 Å². The summed E-state index contributed by atoms with van der Waals surface area (Å²) in [6.45, 7) is 1.20. The molecule has 24 heavy (non-hydrogen) atoms. The zero-order valence-electron chi connectivity index (χ0n) is 12.6. The van der Waals surface area contributed by atoms with Crippen molar-refractivity contribution in [3.8, 4) is 0 Å². The van der Waals surface area contributed by atoms with Gasteiger partial charge in [0.25, 0.3) is 11.6 Å². The smallest absolute Gasteiger partial charge is 0.331 e. The summed E-state index contributed by atoms with van der Waals surface area (Å²) in [5, 5.41) is 16.5. The average Bonchev–Trinajstić information content (AvgIpc) is 2.96. The number of amides is 1. The number of aromatic nitrogens is 1. The number of ether oxygens (including phenoxy) is 1. The Bertz CT molecular complexity index is 779. The van der Waals surface area contributed by atoms with Crippen LogP contribution in [0.1, 0.15) is 11.3 Å². The molecule has 0 radical (unpaired) electrons. The van der Waals surface area contributed by atoms with E-state index in [1.165, 1.54) is 36.4 Å². The number of nitrogens with zero attached hydrogens (tertiary/aromatic N) is 2. The van der Waals surface area contributed by atoms with Crippen LogP contribution >= 0.6 is 0 Å². The zero-order chi connectivity index (χ0) is 17.5. The number of nitro groups is 1. The molecule has 2 aromatic rings. The molecule has 0 aliphatic rings. The first-order valence-electron chi connectivity index (χ1n) is 6.76. The minimum Gasteiger partial charge on any atom is -0.452 e. The van der Waals surface area contributed by atoms with Gasteiger partial charge >= 0.3 is 5.97 Å². The molecule has 9 nitrogen and oxygen atoms in total. The van der Waals surface area contributed by atoms with Crippen molar-refractivity contribution in [1.82, 2.24) is 5.16 Å². The number of nitro benzene ring substituents is 1. The molecule has 0 atom stereocenters. The lowest BCUT2D eigenvalue weighted by atomic mass is 10.2. The van der Waals surface area contributed by atoms with Crippen molar-refractivity contribution in [1.29, 1.82) is 0 Å². The lowest BCUT2D eigenvalue weighted by Gasteiger charge is -2.01. The molecule has 124 valence electrons. The van der Waals surface area contributed by atoms with Gasteiger partial charge in [-0.2, -0.15) is 0 Å². The predicted molar refractivity (Wildman–Crippen MR) is 83.0 cm³/mol. The Hall–Kier alpha value is -3.49. The highest BCUT2D eigenvalue weighted by Gasteiger charge is 2.08. The Labute approximate surface area is 136 Å². The Balaban J connectivity index is 1.79. The van der Waals surface area contributed by atoms with Gasteiger partial charge in [0.2, 0.25) is 0 Å². The van der Waals surface area contributed by atoms with E-state index in [9.17, 15) is 19.7 Å². The van der Waals surface area contributed by atoms with Crippen molar-refractivity contribution in [2.45, 2.75) is 6.92 Å². The maximum atomic E-state index is 11.5. The predicted octanol–water partition coefficient (Wildman–Crippen LogP) is 2.09. The minimum absolute atomic E-state index is 0.0468. The van der Waals surface area contributed by atoms with E-state index in [0.717, 1.165) is 6.08 Å². The van der Waals surface area contributed by atoms with Crippen LogP contribution in [0.4, 0.5) is 11.5 Å². The number of nitrogens with one attached hydrogen (secondary N) is 1. The summed E-state index contributed by atoms with van der Waals surface area (Å²) >= 11 is 0. The van der Waals surface area contributed by atoms with Crippen LogP contribution in [0.15, 0.2) is 40.9 Å². The maximum Gasteiger partial charge on any atom is 0.331 e. The number of non-ortho nitro benzene ring substituents is 1. The Kier molecular flexibility index (Phi) is 5.40. The molecule has 9 heteroatoms. The van der Waals surface area contributed by atoms with Crippen LogP contribution in [-0.4, -0.2) is 28.6 Å². The van der Waals surface area contributed by atoms with Crippen LogP contribution in [0, 0.1) is 17.0 Å². The van der Waals surface area contributed by atoms with E-state index in [1.54, 1.807) is 6.92 Å². The van der Waals surface area contributed by atoms with Crippen molar-refractivity contribution in [3.05, 3.63) is 57.8 Å². The molecular weight excluding hydrogens is 318 g/mol. The molecule has 0 bridgehead atoms. The maximum absolute atomic E-state index is 11.5. The molecule has 1 N–H and O–H groups in total. The summed E-state index contributed by atoms with van der Waals surface area (Å²) in [7, 11) is 0. The molecule has 1 aromatic heterocycles. The van der Waals surface area contributed by atoms with E-state index in [4.69, 9.17) is 9.26 Å². The summed E-state index contributed by atoms with van der Waals surface area (Å²) < 4.78 is 9.54. The Morgan fingerprint density at radius 3 is 2.67 bits per heavy atom. The number of hydrogen-bond acceptors (Lipinski definition) is 7. The van der Waals surface area contributed by atoms with Crippen LogP contribution in [0.5, 0.6) is 0 Å². The average molecular weight is 331 g/mol. The van der Waals surface area contributed by atoms with Crippen molar-refractivity contribution >= 4 is 29.5 Å². The highest BCUT2D eigenvalue weighted by Crippen LogP contribution is 2.12. The van der Waals surface area contributed by atoms with Gasteiger partial charge in [-0.05, 0) is 30.7 Å². The second-order valence-corrected chi connectivity index (χ2v) is 4.66. The van der Waals surface area contributed by atoms with Crippen LogP contribution in [-0.2, 0) is 14.3 Å². The van der Waals surface area contributed by atoms with E-state index in [2.05, 4.69) is 10.5 Å². The summed E-state index contributed by atoms with van der Waals surface area (Å²) in [5.74, 6) is -0.511. The standard InChI is InChI=1S/C15H13N3O6/c1-10-8-13(17-24-10)16-14(19)9-23-15(20)7-4-11-2-5-12(6-3-11)18(21)22/h2-8H,9H2,1H3,(H,16,17,19). The largest absolute Gasteiger partial charge is 0.452 e. The van der Waals surface area contributed by atoms with Gasteiger partial charge in [0.1, 0.15) is 5.76 Å². The number of rotatable bonds is 6. The molecule has 1 amide bonds. The second kappa shape index (κ2) is 7.68. The number of carbonyl (C=O) groups excluding carboxylic acids is 2. The summed E-state index contributed by atoms with van der Waals surface area (Å²) in [4.78, 5) is 33.1. The topological polar surface area (TPSA) is 125 Å². The van der Waals surface area contributed by atoms with Gasteiger partial charge < -0.3 is 14.6 Å². The third kappa shape index (κ3) is 5.05. The van der Waals surface area contributed by atoms with Crippen LogP contribution in [0.3, 0.4) is 0 Å². The first-order valence-corrected chi connectivity index (χ1v) is 6.76. The monoisotopic (exact) mass is 331 g/mol. The van der Waals surface area contributed by atoms with Gasteiger partial charge in [0.15, 0.2) is 12.4 Å². The molecule has 0 aliphatic carbocycles. The van der Waals surface area contributed by atoms with E-state index >= 15 is 0 Å². The van der Waals surface area contributed by atoms with Gasteiger partial charge in [-0.1, -0.05) is 5.16 Å². The van der Waals surface area contributed by atoms with E-state index in [1.807, 2.05) is 0 Å². The SMILES string of the molecule is Cc1cc(NC(=O)COC(=O)C=Cc2ccc([N+](=O)[O-])cc2)no1. The number of hydrogen-bond donors (Lipinski definition) is 1. The third-order valence-electron chi connectivity index (χ3n) is 2.76. The second-order valence-electron chi connectivity index (χ2n) is 4.66. The van der Waals surface area contributed by atoms with Gasteiger partial charge in [0, 0.05) is 24.3 Å². The van der Waals surface area contributed by atoms with Crippen LogP contribution in [0.25, 0.3) is 6.08 Å². The highest BCUT2D eigenvalue weighted by atomic mass is 16.6. The molecular formula is C15H13N3O6. The lowest BCUT2D eigenvalue weighted by Crippen LogP contribution is -2.20. The normalized spacial score (nSPS) is 10.5. The molecule has 0 fully saturated rings. The van der Waals surface area contributed by atoms with E-state index in [0.29, 0.717) is 11.3 Å². The number of aryl methyl sites for hydroxylation is 1. The molecule has 0 saturated carbocycles. The molecule has 1 heterocycles. The fraction of sp³-hybridized carbons (Fsp3) is 0.133. The fourth-order valence-electron chi connectivity index (χ4n) is 1.66. The van der Waals surface area contributed by atoms with E-state index < -0.39 is 23.4 Å². The van der Waals surface area contributed by atoms with Gasteiger partial charge in [0.05, 0.1) is 4.92 Å². The van der Waals surface area contributed by atoms with Gasteiger partial charge in [-0.25, -0.2) is 4.79 Å². The van der Waals surface area contributed by atoms with Crippen molar-refractivity contribution in [2.24, 2.45) is 0 Å². The molecule has 2 rings (SSSR count). The first-order chi connectivity index (χ1) is 11.4. The van der Waals surface area contributed by atoms with E-state index in [-0.39, 0.29) is 11.5 Å². The quantitative estimate of drug-likeness (QED) is 0.372. The summed E-state index contributed by atoms with van der Waals surface area (Å²) in [6.07, 6.45) is 2.54. The summed E-state index contributed by atoms with van der Waals surface area (Å²) in [5.41, 5.74) is 0.537. The lowest BCUT2D eigenvalue weighted by molar-refractivity contribution is -0.384. The molecule has 0 spiro atoms. The number of esters is 1. The number of carbonyl (C=O) groups is 2.